The third-order valence-corrected chi connectivity index (χ3v) is 6.04. The molecule has 1 unspecified atom stereocenters. The van der Waals surface area contributed by atoms with Crippen molar-refractivity contribution in [2.75, 3.05) is 18.8 Å². The van der Waals surface area contributed by atoms with Crippen LogP contribution in [0.15, 0.2) is 29.6 Å². The number of ether oxygens (including phenoxy) is 2. The number of nitrogens with zero attached hydrogens (tertiary/aromatic N) is 3. The molecule has 158 valence electrons. The molecule has 1 aromatic heterocycles. The molecule has 1 saturated heterocycles. The maximum absolute atomic E-state index is 12.3. The number of benzene rings is 1. The van der Waals surface area contributed by atoms with Crippen LogP contribution in [-0.4, -0.2) is 59.9 Å². The van der Waals surface area contributed by atoms with Crippen molar-refractivity contribution in [3.63, 3.8) is 0 Å². The molecule has 2 aromatic rings. The van der Waals surface area contributed by atoms with E-state index in [0.29, 0.717) is 24.4 Å². The molecule has 0 spiro atoms. The summed E-state index contributed by atoms with van der Waals surface area (Å²) in [5.41, 5.74) is -0.0382. The minimum Gasteiger partial charge on any atom is -0.489 e. The molecule has 0 radical (unpaired) electrons. The van der Waals surface area contributed by atoms with Crippen molar-refractivity contribution in [3.8, 4) is 5.75 Å². The lowest BCUT2D eigenvalue weighted by atomic mass is 10.1. The zero-order chi connectivity index (χ0) is 21.2. The second-order valence-corrected chi connectivity index (χ2v) is 10.3. The summed E-state index contributed by atoms with van der Waals surface area (Å²) in [4.78, 5) is 22.1. The van der Waals surface area contributed by atoms with Crippen LogP contribution in [0.1, 0.15) is 40.5 Å². The van der Waals surface area contributed by atoms with Gasteiger partial charge in [-0.1, -0.05) is 6.92 Å². The van der Waals surface area contributed by atoms with Crippen LogP contribution in [0.2, 0.25) is 0 Å². The Morgan fingerprint density at radius 2 is 2.07 bits per heavy atom. The maximum Gasteiger partial charge on any atom is 0.410 e. The smallest absolute Gasteiger partial charge is 0.410 e. The summed E-state index contributed by atoms with van der Waals surface area (Å²) in [5, 5.41) is 0.546. The van der Waals surface area contributed by atoms with E-state index in [-0.39, 0.29) is 23.1 Å². The van der Waals surface area contributed by atoms with Crippen LogP contribution < -0.4 is 4.74 Å². The van der Waals surface area contributed by atoms with Gasteiger partial charge in [-0.25, -0.2) is 23.2 Å². The summed E-state index contributed by atoms with van der Waals surface area (Å²) in [6.07, 6.45) is 2.62. The molecule has 0 saturated carbocycles. The Hall–Kier alpha value is -2.42. The highest BCUT2D eigenvalue weighted by Gasteiger charge is 2.28. The summed E-state index contributed by atoms with van der Waals surface area (Å²) < 4.78 is 35.6. The van der Waals surface area contributed by atoms with Crippen LogP contribution in [0, 0.1) is 0 Å². The Bertz CT molecular complexity index is 1000. The van der Waals surface area contributed by atoms with E-state index in [4.69, 9.17) is 9.47 Å². The summed E-state index contributed by atoms with van der Waals surface area (Å²) >= 11 is 0. The minimum absolute atomic E-state index is 0.0583. The monoisotopic (exact) mass is 421 g/mol. The normalized spacial score (nSPS) is 17.9. The molecule has 0 aliphatic carbocycles. The molecule has 3 rings (SSSR count). The van der Waals surface area contributed by atoms with Crippen LogP contribution >= 0.6 is 0 Å². The van der Waals surface area contributed by atoms with Crippen molar-refractivity contribution in [2.45, 2.75) is 57.4 Å². The fourth-order valence-corrected chi connectivity index (χ4v) is 3.77. The maximum atomic E-state index is 12.3. The Morgan fingerprint density at radius 1 is 1.31 bits per heavy atom. The topological polar surface area (TPSA) is 98.7 Å². The van der Waals surface area contributed by atoms with Gasteiger partial charge in [0.15, 0.2) is 0 Å². The lowest BCUT2D eigenvalue weighted by Crippen LogP contribution is -2.46. The Balaban J connectivity index is 1.74. The molecule has 8 nitrogen and oxygen atoms in total. The SMILES string of the molecule is CCS(=O)(=O)c1ncc2ccc(OC3CCCN(C(=O)OC(C)(C)C)C3)cc2n1. The highest BCUT2D eigenvalue weighted by atomic mass is 32.2. The number of likely N-dealkylation sites (tertiary alicyclic amines) is 1. The third kappa shape index (κ3) is 5.35. The van der Waals surface area contributed by atoms with Gasteiger partial charge < -0.3 is 14.4 Å². The van der Waals surface area contributed by atoms with Gasteiger partial charge in [0, 0.05) is 24.2 Å². The fourth-order valence-electron chi connectivity index (χ4n) is 3.06. The molecule has 29 heavy (non-hydrogen) atoms. The average Bonchev–Trinajstić information content (AvgIpc) is 2.66. The number of carbonyl (C=O) groups excluding carboxylic acids is 1. The molecular weight excluding hydrogens is 394 g/mol. The number of rotatable bonds is 4. The number of carbonyl (C=O) groups is 1. The molecule has 1 atom stereocenters. The number of hydrogen-bond acceptors (Lipinski definition) is 7. The van der Waals surface area contributed by atoms with Crippen LogP contribution in [0.4, 0.5) is 4.79 Å². The van der Waals surface area contributed by atoms with E-state index in [1.807, 2.05) is 20.8 Å². The second-order valence-electron chi connectivity index (χ2n) is 8.09. The Morgan fingerprint density at radius 3 is 2.76 bits per heavy atom. The van der Waals surface area contributed by atoms with Crippen LogP contribution in [0.3, 0.4) is 0 Å². The van der Waals surface area contributed by atoms with E-state index in [9.17, 15) is 13.2 Å². The van der Waals surface area contributed by atoms with Crippen LogP contribution in [0.5, 0.6) is 5.75 Å². The lowest BCUT2D eigenvalue weighted by Gasteiger charge is -2.34. The van der Waals surface area contributed by atoms with Gasteiger partial charge in [-0.2, -0.15) is 0 Å². The van der Waals surface area contributed by atoms with E-state index in [1.165, 1.54) is 6.20 Å². The van der Waals surface area contributed by atoms with Crippen molar-refractivity contribution in [1.82, 2.24) is 14.9 Å². The van der Waals surface area contributed by atoms with Gasteiger partial charge in [0.05, 0.1) is 17.8 Å². The number of amides is 1. The Labute approximate surface area is 171 Å². The van der Waals surface area contributed by atoms with Crippen molar-refractivity contribution < 1.29 is 22.7 Å². The van der Waals surface area contributed by atoms with E-state index >= 15 is 0 Å². The highest BCUT2D eigenvalue weighted by Crippen LogP contribution is 2.24. The van der Waals surface area contributed by atoms with E-state index in [1.54, 1.807) is 30.0 Å². The van der Waals surface area contributed by atoms with Gasteiger partial charge in [-0.15, -0.1) is 0 Å². The molecule has 0 bridgehead atoms. The van der Waals surface area contributed by atoms with Gasteiger partial charge in [0.25, 0.3) is 0 Å². The molecule has 0 N–H and O–H groups in total. The Kier molecular flexibility index (Phi) is 5.97. The highest BCUT2D eigenvalue weighted by molar-refractivity contribution is 7.91. The number of hydrogen-bond donors (Lipinski definition) is 0. The van der Waals surface area contributed by atoms with Gasteiger partial charge in [0.2, 0.25) is 15.0 Å². The van der Waals surface area contributed by atoms with Crippen LogP contribution in [-0.2, 0) is 14.6 Å². The minimum atomic E-state index is -3.48. The molecule has 1 fully saturated rings. The second kappa shape index (κ2) is 8.14. The average molecular weight is 422 g/mol. The largest absolute Gasteiger partial charge is 0.489 e. The van der Waals surface area contributed by atoms with Gasteiger partial charge in [-0.05, 0) is 45.7 Å². The van der Waals surface area contributed by atoms with Crippen molar-refractivity contribution >= 4 is 26.8 Å². The molecule has 1 aliphatic rings. The summed E-state index contributed by atoms with van der Waals surface area (Å²) in [6, 6.07) is 5.30. The number of sulfone groups is 1. The van der Waals surface area contributed by atoms with E-state index in [0.717, 1.165) is 18.2 Å². The van der Waals surface area contributed by atoms with E-state index < -0.39 is 15.4 Å². The number of fused-ring (bicyclic) bond motifs is 1. The lowest BCUT2D eigenvalue weighted by molar-refractivity contribution is 0.00777. The molecule has 2 heterocycles. The quantitative estimate of drug-likeness (QED) is 0.699. The first-order valence-electron chi connectivity index (χ1n) is 9.71. The molecule has 1 aliphatic heterocycles. The fraction of sp³-hybridized carbons (Fsp3) is 0.550. The van der Waals surface area contributed by atoms with Gasteiger partial charge >= 0.3 is 6.09 Å². The molecule has 1 aromatic carbocycles. The van der Waals surface area contributed by atoms with Crippen molar-refractivity contribution in [1.29, 1.82) is 0 Å². The first kappa shape index (κ1) is 21.3. The summed E-state index contributed by atoms with van der Waals surface area (Å²) in [5.74, 6) is 0.518. The first-order valence-corrected chi connectivity index (χ1v) is 11.4. The third-order valence-electron chi connectivity index (χ3n) is 4.52. The summed E-state index contributed by atoms with van der Waals surface area (Å²) in [7, 11) is -3.48. The van der Waals surface area contributed by atoms with Crippen molar-refractivity contribution in [2.24, 2.45) is 0 Å². The zero-order valence-corrected chi connectivity index (χ0v) is 18.0. The molecule has 9 heteroatoms. The molecule has 1 amide bonds. The zero-order valence-electron chi connectivity index (χ0n) is 17.2. The standard InChI is InChI=1S/C20H27N3O5S/c1-5-29(25,26)18-21-12-14-8-9-15(11-17(14)22-18)27-16-7-6-10-23(13-16)19(24)28-20(2,3)4/h8-9,11-12,16H,5-7,10,13H2,1-4H3. The summed E-state index contributed by atoms with van der Waals surface area (Å²) in [6.45, 7) is 8.15. The van der Waals surface area contributed by atoms with Gasteiger partial charge in [-0.3, -0.25) is 0 Å². The number of piperidine rings is 1. The van der Waals surface area contributed by atoms with Gasteiger partial charge in [0.1, 0.15) is 17.5 Å². The van der Waals surface area contributed by atoms with Crippen LogP contribution in [0.25, 0.3) is 10.9 Å². The predicted octanol–water partition coefficient (Wildman–Crippen LogP) is 3.20. The first-order chi connectivity index (χ1) is 13.6. The predicted molar refractivity (Wildman–Crippen MR) is 109 cm³/mol. The van der Waals surface area contributed by atoms with E-state index in [2.05, 4.69) is 9.97 Å². The van der Waals surface area contributed by atoms with Crippen molar-refractivity contribution in [3.05, 3.63) is 24.4 Å². The number of aromatic nitrogens is 2. The molecular formula is C20H27N3O5S.